The van der Waals surface area contributed by atoms with Gasteiger partial charge >= 0.3 is 5.97 Å². The van der Waals surface area contributed by atoms with Crippen LogP contribution in [0.15, 0.2) is 40.3 Å². The third-order valence-electron chi connectivity index (χ3n) is 5.02. The fourth-order valence-electron chi connectivity index (χ4n) is 3.42. The summed E-state index contributed by atoms with van der Waals surface area (Å²) in [6.07, 6.45) is 0.811. The third kappa shape index (κ3) is 3.84. The van der Waals surface area contributed by atoms with Crippen LogP contribution >= 0.6 is 23.1 Å². The van der Waals surface area contributed by atoms with Crippen molar-refractivity contribution >= 4 is 39.3 Å². The summed E-state index contributed by atoms with van der Waals surface area (Å²) in [5.41, 5.74) is 1.68. The van der Waals surface area contributed by atoms with Gasteiger partial charge in [-0.3, -0.25) is 14.2 Å². The van der Waals surface area contributed by atoms with E-state index in [1.807, 2.05) is 30.3 Å². The maximum Gasteiger partial charge on any atom is 0.316 e. The summed E-state index contributed by atoms with van der Waals surface area (Å²) in [6.45, 7) is 4.77. The Bertz CT molecular complexity index is 1110. The van der Waals surface area contributed by atoms with E-state index in [4.69, 9.17) is 14.5 Å². The van der Waals surface area contributed by atoms with Crippen molar-refractivity contribution in [3.8, 4) is 5.69 Å². The molecule has 0 amide bonds. The molecular weight excluding hydrogens is 408 g/mol. The highest BCUT2D eigenvalue weighted by Crippen LogP contribution is 2.36. The minimum Gasteiger partial charge on any atom is -0.468 e. The predicted molar refractivity (Wildman–Crippen MR) is 115 cm³/mol. The van der Waals surface area contributed by atoms with Gasteiger partial charge in [-0.2, -0.15) is 0 Å². The lowest BCUT2D eigenvalue weighted by atomic mass is 9.96. The molecule has 0 aliphatic carbocycles. The number of thiophene rings is 1. The van der Waals surface area contributed by atoms with Crippen LogP contribution in [0.2, 0.25) is 0 Å². The van der Waals surface area contributed by atoms with Crippen LogP contribution in [0, 0.1) is 5.92 Å². The molecule has 152 valence electrons. The topological polar surface area (TPSA) is 70.4 Å². The standard InChI is InChI=1S/C21H22N2O4S2/c1-12(2)15-9-14-16(10-27-15)29-19-18(14)20(25)23(13-7-5-4-6-8-13)21(22-19)28-11-17(24)26-3/h4-8,12,15H,9-11H2,1-3H3. The fraction of sp³-hybridized carbons (Fsp3) is 0.381. The van der Waals surface area contributed by atoms with E-state index in [0.717, 1.165) is 16.1 Å². The van der Waals surface area contributed by atoms with E-state index in [1.54, 1.807) is 4.57 Å². The summed E-state index contributed by atoms with van der Waals surface area (Å²) in [5, 5.41) is 1.16. The van der Waals surface area contributed by atoms with Crippen molar-refractivity contribution in [2.45, 2.75) is 38.1 Å². The Morgan fingerprint density at radius 3 is 2.83 bits per heavy atom. The number of carbonyl (C=O) groups is 1. The lowest BCUT2D eigenvalue weighted by molar-refractivity contribution is -0.137. The highest BCUT2D eigenvalue weighted by Gasteiger charge is 2.28. The minimum atomic E-state index is -0.359. The van der Waals surface area contributed by atoms with E-state index in [1.165, 1.54) is 30.2 Å². The van der Waals surface area contributed by atoms with Crippen LogP contribution in [0.5, 0.6) is 0 Å². The first kappa shape index (κ1) is 20.1. The minimum absolute atomic E-state index is 0.0882. The summed E-state index contributed by atoms with van der Waals surface area (Å²) < 4.78 is 12.3. The van der Waals surface area contributed by atoms with E-state index in [0.29, 0.717) is 34.3 Å². The first-order valence-electron chi connectivity index (χ1n) is 9.43. The van der Waals surface area contributed by atoms with Gasteiger partial charge in [0.2, 0.25) is 0 Å². The molecule has 0 N–H and O–H groups in total. The smallest absolute Gasteiger partial charge is 0.316 e. The van der Waals surface area contributed by atoms with Crippen LogP contribution in [-0.2, 0) is 27.3 Å². The van der Waals surface area contributed by atoms with Crippen LogP contribution in [0.1, 0.15) is 24.3 Å². The largest absolute Gasteiger partial charge is 0.468 e. The molecule has 0 bridgehead atoms. The predicted octanol–water partition coefficient (Wildman–Crippen LogP) is 3.81. The Hall–Kier alpha value is -2.16. The van der Waals surface area contributed by atoms with Gasteiger partial charge in [0.05, 0.1) is 36.6 Å². The maximum absolute atomic E-state index is 13.6. The normalized spacial score (nSPS) is 16.2. The van der Waals surface area contributed by atoms with Gasteiger partial charge in [0.1, 0.15) is 4.83 Å². The van der Waals surface area contributed by atoms with E-state index in [-0.39, 0.29) is 23.4 Å². The lowest BCUT2D eigenvalue weighted by Crippen LogP contribution is -2.28. The molecule has 1 unspecified atom stereocenters. The Kier molecular flexibility index (Phi) is 5.76. The molecule has 0 saturated carbocycles. The van der Waals surface area contributed by atoms with Crippen LogP contribution in [0.3, 0.4) is 0 Å². The summed E-state index contributed by atoms with van der Waals surface area (Å²) in [7, 11) is 1.35. The van der Waals surface area contributed by atoms with Crippen molar-refractivity contribution in [2.75, 3.05) is 12.9 Å². The molecule has 8 heteroatoms. The van der Waals surface area contributed by atoms with E-state index < -0.39 is 0 Å². The Balaban J connectivity index is 1.89. The molecule has 1 aliphatic heterocycles. The second kappa shape index (κ2) is 8.30. The van der Waals surface area contributed by atoms with Crippen molar-refractivity contribution in [1.29, 1.82) is 0 Å². The zero-order chi connectivity index (χ0) is 20.5. The molecule has 0 radical (unpaired) electrons. The van der Waals surface area contributed by atoms with Crippen molar-refractivity contribution in [2.24, 2.45) is 5.92 Å². The number of hydrogen-bond acceptors (Lipinski definition) is 7. The molecule has 6 nitrogen and oxygen atoms in total. The molecule has 0 saturated heterocycles. The molecule has 0 spiro atoms. The van der Waals surface area contributed by atoms with Gasteiger partial charge < -0.3 is 9.47 Å². The number of methoxy groups -OCH3 is 1. The van der Waals surface area contributed by atoms with Gasteiger partial charge in [0.15, 0.2) is 5.16 Å². The second-order valence-corrected chi connectivity index (χ2v) is 9.24. The number of benzene rings is 1. The number of fused-ring (bicyclic) bond motifs is 3. The first-order valence-corrected chi connectivity index (χ1v) is 11.2. The van der Waals surface area contributed by atoms with Gasteiger partial charge in [-0.05, 0) is 23.6 Å². The molecule has 3 heterocycles. The van der Waals surface area contributed by atoms with E-state index in [2.05, 4.69) is 13.8 Å². The number of aromatic nitrogens is 2. The van der Waals surface area contributed by atoms with Crippen molar-refractivity contribution in [3.05, 3.63) is 51.1 Å². The summed E-state index contributed by atoms with van der Waals surface area (Å²) in [4.78, 5) is 31.8. The average Bonchev–Trinajstić information content (AvgIpc) is 3.10. The monoisotopic (exact) mass is 430 g/mol. The average molecular weight is 431 g/mol. The zero-order valence-corrected chi connectivity index (χ0v) is 18.1. The van der Waals surface area contributed by atoms with Crippen molar-refractivity contribution < 1.29 is 14.3 Å². The van der Waals surface area contributed by atoms with Gasteiger partial charge in [-0.25, -0.2) is 4.98 Å². The number of para-hydroxylation sites is 1. The van der Waals surface area contributed by atoms with Crippen molar-refractivity contribution in [1.82, 2.24) is 9.55 Å². The van der Waals surface area contributed by atoms with Crippen LogP contribution in [0.25, 0.3) is 15.9 Å². The maximum atomic E-state index is 13.6. The third-order valence-corrected chi connectivity index (χ3v) is 7.03. The van der Waals surface area contributed by atoms with Crippen LogP contribution in [0.4, 0.5) is 0 Å². The molecule has 2 aromatic heterocycles. The molecular formula is C21H22N2O4S2. The first-order chi connectivity index (χ1) is 14.0. The molecule has 1 atom stereocenters. The number of hydrogen-bond donors (Lipinski definition) is 0. The highest BCUT2D eigenvalue weighted by atomic mass is 32.2. The zero-order valence-electron chi connectivity index (χ0n) is 16.5. The number of ether oxygens (including phenoxy) is 2. The Morgan fingerprint density at radius 2 is 2.14 bits per heavy atom. The van der Waals surface area contributed by atoms with Gasteiger partial charge in [0, 0.05) is 11.3 Å². The molecule has 3 aromatic rings. The number of nitrogens with zero attached hydrogens (tertiary/aromatic N) is 2. The second-order valence-electron chi connectivity index (χ2n) is 7.22. The summed E-state index contributed by atoms with van der Waals surface area (Å²) >= 11 is 2.71. The lowest BCUT2D eigenvalue weighted by Gasteiger charge is -2.26. The SMILES string of the molecule is COC(=O)CSc1nc2sc3c(c2c(=O)n1-c1ccccc1)CC(C(C)C)OC3. The van der Waals surface area contributed by atoms with Gasteiger partial charge in [0.25, 0.3) is 5.56 Å². The molecule has 0 fully saturated rings. The highest BCUT2D eigenvalue weighted by molar-refractivity contribution is 7.99. The number of carbonyl (C=O) groups excluding carboxylic acids is 1. The molecule has 1 aliphatic rings. The van der Waals surface area contributed by atoms with E-state index >= 15 is 0 Å². The number of thioether (sulfide) groups is 1. The summed E-state index contributed by atoms with van der Waals surface area (Å²) in [6, 6.07) is 9.41. The molecule has 4 rings (SSSR count). The quantitative estimate of drug-likeness (QED) is 0.348. The molecule has 1 aromatic carbocycles. The van der Waals surface area contributed by atoms with Gasteiger partial charge in [-0.15, -0.1) is 11.3 Å². The number of esters is 1. The van der Waals surface area contributed by atoms with E-state index in [9.17, 15) is 9.59 Å². The Morgan fingerprint density at radius 1 is 1.38 bits per heavy atom. The fourth-order valence-corrected chi connectivity index (χ4v) is 5.43. The summed E-state index contributed by atoms with van der Waals surface area (Å²) in [5.74, 6) is 0.102. The van der Waals surface area contributed by atoms with Crippen LogP contribution in [-0.4, -0.2) is 34.5 Å². The van der Waals surface area contributed by atoms with Crippen LogP contribution < -0.4 is 5.56 Å². The molecule has 29 heavy (non-hydrogen) atoms. The number of rotatable bonds is 5. The van der Waals surface area contributed by atoms with Gasteiger partial charge in [-0.1, -0.05) is 43.8 Å². The van der Waals surface area contributed by atoms with Crippen molar-refractivity contribution in [3.63, 3.8) is 0 Å². The Labute approximate surface area is 176 Å².